The molecule has 2 aromatic rings. The van der Waals surface area contributed by atoms with E-state index in [2.05, 4.69) is 15.3 Å². The van der Waals surface area contributed by atoms with Gasteiger partial charge >= 0.3 is 0 Å². The standard InChI is InChI=1S/C12H13ClN4O/c1-2-18-9-5-3-4-8(6-9)16-11-10(14)7-15-12(13)17-11/h3-7H,2,14H2,1H3,(H,15,16,17). The highest BCUT2D eigenvalue weighted by Crippen LogP contribution is 2.24. The molecule has 0 atom stereocenters. The number of hydrogen-bond acceptors (Lipinski definition) is 5. The quantitative estimate of drug-likeness (QED) is 0.831. The van der Waals surface area contributed by atoms with E-state index in [9.17, 15) is 0 Å². The summed E-state index contributed by atoms with van der Waals surface area (Å²) < 4.78 is 5.41. The number of nitrogens with zero attached hydrogens (tertiary/aromatic N) is 2. The highest BCUT2D eigenvalue weighted by atomic mass is 35.5. The maximum absolute atomic E-state index is 5.76. The van der Waals surface area contributed by atoms with Gasteiger partial charge in [-0.15, -0.1) is 0 Å². The summed E-state index contributed by atoms with van der Waals surface area (Å²) in [5, 5.41) is 3.22. The van der Waals surface area contributed by atoms with Crippen LogP contribution in [-0.4, -0.2) is 16.6 Å². The van der Waals surface area contributed by atoms with Gasteiger partial charge in [-0.1, -0.05) is 6.07 Å². The Kier molecular flexibility index (Phi) is 3.84. The number of rotatable bonds is 4. The highest BCUT2D eigenvalue weighted by molar-refractivity contribution is 6.28. The Morgan fingerprint density at radius 1 is 1.44 bits per heavy atom. The third-order valence-electron chi connectivity index (χ3n) is 2.20. The van der Waals surface area contributed by atoms with Crippen molar-refractivity contribution in [2.24, 2.45) is 0 Å². The van der Waals surface area contributed by atoms with Crippen LogP contribution in [0.25, 0.3) is 0 Å². The summed E-state index contributed by atoms with van der Waals surface area (Å²) in [5.74, 6) is 1.25. The SMILES string of the molecule is CCOc1cccc(Nc2nc(Cl)ncc2N)c1. The van der Waals surface area contributed by atoms with Gasteiger partial charge in [0.05, 0.1) is 18.5 Å². The van der Waals surface area contributed by atoms with E-state index >= 15 is 0 Å². The zero-order valence-corrected chi connectivity index (χ0v) is 10.6. The Morgan fingerprint density at radius 2 is 2.28 bits per heavy atom. The highest BCUT2D eigenvalue weighted by Gasteiger charge is 2.04. The first-order valence-corrected chi connectivity index (χ1v) is 5.84. The Morgan fingerprint density at radius 3 is 3.06 bits per heavy atom. The van der Waals surface area contributed by atoms with Crippen LogP contribution >= 0.6 is 11.6 Å². The molecule has 0 amide bonds. The van der Waals surface area contributed by atoms with Gasteiger partial charge in [0.25, 0.3) is 0 Å². The molecular formula is C12H13ClN4O. The first-order chi connectivity index (χ1) is 8.69. The van der Waals surface area contributed by atoms with Gasteiger partial charge < -0.3 is 15.8 Å². The molecule has 0 saturated heterocycles. The van der Waals surface area contributed by atoms with E-state index in [1.165, 1.54) is 6.20 Å². The lowest BCUT2D eigenvalue weighted by Gasteiger charge is -2.09. The Hall–Kier alpha value is -2.01. The third-order valence-corrected chi connectivity index (χ3v) is 2.38. The van der Waals surface area contributed by atoms with E-state index in [0.29, 0.717) is 18.1 Å². The summed E-state index contributed by atoms with van der Waals surface area (Å²) in [6.45, 7) is 2.55. The van der Waals surface area contributed by atoms with E-state index < -0.39 is 0 Å². The molecule has 0 unspecified atom stereocenters. The van der Waals surface area contributed by atoms with Crippen molar-refractivity contribution in [3.63, 3.8) is 0 Å². The maximum atomic E-state index is 5.76. The van der Waals surface area contributed by atoms with Crippen LogP contribution in [0.1, 0.15) is 6.92 Å². The number of aromatic nitrogens is 2. The number of ether oxygens (including phenoxy) is 1. The minimum absolute atomic E-state index is 0.146. The molecule has 0 aliphatic rings. The average molecular weight is 265 g/mol. The van der Waals surface area contributed by atoms with Gasteiger partial charge in [0.1, 0.15) is 5.75 Å². The summed E-state index contributed by atoms with van der Waals surface area (Å²) in [6.07, 6.45) is 1.46. The largest absolute Gasteiger partial charge is 0.494 e. The summed E-state index contributed by atoms with van der Waals surface area (Å²) in [7, 11) is 0. The predicted octanol–water partition coefficient (Wildman–Crippen LogP) is 2.85. The number of nitrogen functional groups attached to an aromatic ring is 1. The zero-order chi connectivity index (χ0) is 13.0. The second-order valence-corrected chi connectivity index (χ2v) is 3.87. The summed E-state index contributed by atoms with van der Waals surface area (Å²) in [5.41, 5.74) is 7.01. The number of benzene rings is 1. The van der Waals surface area contributed by atoms with Crippen LogP contribution in [0.15, 0.2) is 30.5 Å². The van der Waals surface area contributed by atoms with Crippen LogP contribution < -0.4 is 15.8 Å². The van der Waals surface area contributed by atoms with Gasteiger partial charge in [0.15, 0.2) is 5.82 Å². The molecule has 0 fully saturated rings. The van der Waals surface area contributed by atoms with Gasteiger partial charge in [-0.05, 0) is 30.7 Å². The van der Waals surface area contributed by atoms with Crippen molar-refractivity contribution >= 4 is 28.8 Å². The first kappa shape index (κ1) is 12.4. The lowest BCUT2D eigenvalue weighted by atomic mass is 10.3. The third kappa shape index (κ3) is 3.01. The Balaban J connectivity index is 2.22. The van der Waals surface area contributed by atoms with Gasteiger partial charge in [0, 0.05) is 11.8 Å². The van der Waals surface area contributed by atoms with Crippen LogP contribution in [0.5, 0.6) is 5.75 Å². The van der Waals surface area contributed by atoms with Crippen molar-refractivity contribution in [3.8, 4) is 5.75 Å². The topological polar surface area (TPSA) is 73.1 Å². The molecule has 18 heavy (non-hydrogen) atoms. The average Bonchev–Trinajstić information content (AvgIpc) is 2.35. The fraction of sp³-hybridized carbons (Fsp3) is 0.167. The predicted molar refractivity (Wildman–Crippen MR) is 72.3 cm³/mol. The van der Waals surface area contributed by atoms with Crippen LogP contribution in [-0.2, 0) is 0 Å². The molecule has 6 heteroatoms. The monoisotopic (exact) mass is 264 g/mol. The molecule has 5 nitrogen and oxygen atoms in total. The molecule has 0 saturated carbocycles. The number of anilines is 3. The fourth-order valence-electron chi connectivity index (χ4n) is 1.44. The fourth-order valence-corrected chi connectivity index (χ4v) is 1.57. The molecular weight excluding hydrogens is 252 g/mol. The van der Waals surface area contributed by atoms with Gasteiger partial charge in [0.2, 0.25) is 5.28 Å². The van der Waals surface area contributed by atoms with Crippen molar-refractivity contribution in [1.29, 1.82) is 0 Å². The minimum atomic E-state index is 0.146. The van der Waals surface area contributed by atoms with E-state index in [1.54, 1.807) is 0 Å². The molecule has 1 aromatic carbocycles. The van der Waals surface area contributed by atoms with Crippen molar-refractivity contribution in [1.82, 2.24) is 9.97 Å². The molecule has 0 radical (unpaired) electrons. The molecule has 0 spiro atoms. The molecule has 3 N–H and O–H groups in total. The van der Waals surface area contributed by atoms with Crippen molar-refractivity contribution < 1.29 is 4.74 Å². The molecule has 0 bridgehead atoms. The van der Waals surface area contributed by atoms with Crippen LogP contribution in [0, 0.1) is 0 Å². The summed E-state index contributed by atoms with van der Waals surface area (Å²) in [4.78, 5) is 7.81. The van der Waals surface area contributed by atoms with E-state index in [0.717, 1.165) is 11.4 Å². The van der Waals surface area contributed by atoms with Crippen molar-refractivity contribution in [2.45, 2.75) is 6.92 Å². The number of nitrogens with one attached hydrogen (secondary N) is 1. The van der Waals surface area contributed by atoms with Gasteiger partial charge in [-0.3, -0.25) is 0 Å². The molecule has 0 aliphatic carbocycles. The van der Waals surface area contributed by atoms with E-state index in [4.69, 9.17) is 22.1 Å². The second-order valence-electron chi connectivity index (χ2n) is 3.53. The van der Waals surface area contributed by atoms with Crippen LogP contribution in [0.4, 0.5) is 17.2 Å². The molecule has 0 aliphatic heterocycles. The lowest BCUT2D eigenvalue weighted by Crippen LogP contribution is -2.01. The molecule has 94 valence electrons. The Labute approximate surface area is 110 Å². The smallest absolute Gasteiger partial charge is 0.224 e. The number of hydrogen-bond donors (Lipinski definition) is 2. The summed E-state index contributed by atoms with van der Waals surface area (Å²) in [6, 6.07) is 7.51. The second kappa shape index (κ2) is 5.55. The van der Waals surface area contributed by atoms with Crippen molar-refractivity contribution in [3.05, 3.63) is 35.7 Å². The summed E-state index contributed by atoms with van der Waals surface area (Å²) >= 11 is 5.72. The van der Waals surface area contributed by atoms with Gasteiger partial charge in [-0.25, -0.2) is 4.98 Å². The van der Waals surface area contributed by atoms with Crippen LogP contribution in [0.2, 0.25) is 5.28 Å². The van der Waals surface area contributed by atoms with Crippen LogP contribution in [0.3, 0.4) is 0 Å². The Bertz CT molecular complexity index is 547. The minimum Gasteiger partial charge on any atom is -0.494 e. The lowest BCUT2D eigenvalue weighted by molar-refractivity contribution is 0.340. The number of halogens is 1. The van der Waals surface area contributed by atoms with E-state index in [-0.39, 0.29) is 5.28 Å². The zero-order valence-electron chi connectivity index (χ0n) is 9.85. The van der Waals surface area contributed by atoms with Crippen molar-refractivity contribution in [2.75, 3.05) is 17.7 Å². The first-order valence-electron chi connectivity index (χ1n) is 5.47. The number of nitrogens with two attached hydrogens (primary N) is 1. The molecule has 1 aromatic heterocycles. The molecule has 2 rings (SSSR count). The van der Waals surface area contributed by atoms with Gasteiger partial charge in [-0.2, -0.15) is 4.98 Å². The normalized spacial score (nSPS) is 10.1. The maximum Gasteiger partial charge on any atom is 0.224 e. The van der Waals surface area contributed by atoms with E-state index in [1.807, 2.05) is 31.2 Å². The molecule has 1 heterocycles.